The number of fused-ring (bicyclic) bond motifs is 1. The normalized spacial score (nSPS) is 28.0. The summed E-state index contributed by atoms with van der Waals surface area (Å²) >= 11 is 0. The number of esters is 1. The van der Waals surface area contributed by atoms with Crippen LogP contribution in [0.15, 0.2) is 16.6 Å². The predicted octanol–water partition coefficient (Wildman–Crippen LogP) is 1.89. The number of rotatable bonds is 2. The molecule has 92 valence electrons. The Balaban J connectivity index is 2.19. The average Bonchev–Trinajstić information content (AvgIpc) is 2.29. The van der Waals surface area contributed by atoms with E-state index in [1.807, 2.05) is 0 Å². The van der Waals surface area contributed by atoms with Gasteiger partial charge in [0.1, 0.15) is 0 Å². The molecule has 2 rings (SSSR count). The summed E-state index contributed by atoms with van der Waals surface area (Å²) in [6.45, 7) is 4.20. The number of dihydropyridines is 1. The van der Waals surface area contributed by atoms with Crippen LogP contribution in [0.2, 0.25) is 0 Å². The van der Waals surface area contributed by atoms with Crippen LogP contribution in [-0.2, 0) is 14.3 Å². The lowest BCUT2D eigenvalue weighted by Gasteiger charge is -2.26. The number of aliphatic imine (C=N–C) groups is 1. The monoisotopic (exact) mass is 235 g/mol. The quantitative estimate of drug-likeness (QED) is 0.542. The molecule has 0 aromatic carbocycles. The predicted molar refractivity (Wildman–Crippen MR) is 63.7 cm³/mol. The summed E-state index contributed by atoms with van der Waals surface area (Å²) in [5, 5.41) is 0. The number of hydrogen-bond acceptors (Lipinski definition) is 3. The molecular formula is C13H17NO3. The van der Waals surface area contributed by atoms with Crippen LogP contribution in [0.4, 0.5) is 0 Å². The number of allylic oxidation sites excluding steroid dienone is 1. The van der Waals surface area contributed by atoms with Gasteiger partial charge in [-0.2, -0.15) is 0 Å². The molecule has 1 heterocycles. The summed E-state index contributed by atoms with van der Waals surface area (Å²) in [5.74, 6) is -1.09. The second-order valence-electron chi connectivity index (χ2n) is 4.67. The fraction of sp³-hybridized carbons (Fsp3) is 0.615. The van der Waals surface area contributed by atoms with Crippen molar-refractivity contribution >= 4 is 17.6 Å². The van der Waals surface area contributed by atoms with E-state index in [2.05, 4.69) is 11.9 Å². The maximum Gasteiger partial charge on any atom is 0.322 e. The summed E-state index contributed by atoms with van der Waals surface area (Å²) in [6.07, 6.45) is 4.56. The molecule has 1 amide bonds. The topological polar surface area (TPSA) is 55.7 Å². The Kier molecular flexibility index (Phi) is 3.41. The lowest BCUT2D eigenvalue weighted by atomic mass is 9.82. The number of carbonyl (C=O) groups is 2. The Bertz CT molecular complexity index is 409. The number of nitrogens with zero attached hydrogens (tertiary/aromatic N) is 1. The highest BCUT2D eigenvalue weighted by molar-refractivity contribution is 6.14. The van der Waals surface area contributed by atoms with Gasteiger partial charge < -0.3 is 4.74 Å². The largest absolute Gasteiger partial charge is 0.465 e. The van der Waals surface area contributed by atoms with E-state index in [0.717, 1.165) is 30.5 Å². The van der Waals surface area contributed by atoms with Crippen molar-refractivity contribution in [2.24, 2.45) is 16.8 Å². The first-order chi connectivity index (χ1) is 8.11. The Labute approximate surface area is 101 Å². The highest BCUT2D eigenvalue weighted by Gasteiger charge is 2.32. The second-order valence-corrected chi connectivity index (χ2v) is 4.67. The molecular weight excluding hydrogens is 218 g/mol. The molecule has 1 aliphatic carbocycles. The van der Waals surface area contributed by atoms with E-state index in [1.54, 1.807) is 13.0 Å². The molecule has 0 N–H and O–H groups in total. The van der Waals surface area contributed by atoms with Crippen LogP contribution in [0.25, 0.3) is 0 Å². The van der Waals surface area contributed by atoms with Gasteiger partial charge >= 0.3 is 5.97 Å². The van der Waals surface area contributed by atoms with E-state index < -0.39 is 11.9 Å². The molecule has 17 heavy (non-hydrogen) atoms. The van der Waals surface area contributed by atoms with Crippen molar-refractivity contribution in [3.8, 4) is 0 Å². The number of carbonyl (C=O) groups excluding carboxylic acids is 2. The van der Waals surface area contributed by atoms with E-state index in [9.17, 15) is 9.59 Å². The van der Waals surface area contributed by atoms with Gasteiger partial charge in [0.05, 0.1) is 6.61 Å². The summed E-state index contributed by atoms with van der Waals surface area (Å²) in [4.78, 5) is 27.4. The molecule has 2 unspecified atom stereocenters. The number of hydrogen-bond donors (Lipinski definition) is 0. The first-order valence-electron chi connectivity index (χ1n) is 6.11. The highest BCUT2D eigenvalue weighted by atomic mass is 16.5. The molecule has 2 aliphatic rings. The van der Waals surface area contributed by atoms with Crippen molar-refractivity contribution in [2.75, 3.05) is 6.61 Å². The fourth-order valence-electron chi connectivity index (χ4n) is 2.31. The zero-order chi connectivity index (χ0) is 12.4. The van der Waals surface area contributed by atoms with Gasteiger partial charge in [0.2, 0.25) is 0 Å². The maximum atomic E-state index is 11.7. The van der Waals surface area contributed by atoms with Gasteiger partial charge in [0, 0.05) is 5.71 Å². The van der Waals surface area contributed by atoms with Crippen molar-refractivity contribution in [1.82, 2.24) is 0 Å². The van der Waals surface area contributed by atoms with Crippen molar-refractivity contribution in [3.05, 3.63) is 11.6 Å². The van der Waals surface area contributed by atoms with Crippen LogP contribution in [0.1, 0.15) is 33.1 Å². The van der Waals surface area contributed by atoms with Crippen molar-refractivity contribution in [1.29, 1.82) is 0 Å². The fourth-order valence-corrected chi connectivity index (χ4v) is 2.31. The van der Waals surface area contributed by atoms with Crippen LogP contribution in [0.3, 0.4) is 0 Å². The van der Waals surface area contributed by atoms with Crippen LogP contribution >= 0.6 is 0 Å². The Hall–Kier alpha value is -1.45. The molecule has 0 aromatic heterocycles. The molecule has 0 saturated heterocycles. The standard InChI is InChI=1S/C13H17NO3/c1-3-17-13(16)10-7-9-6-8(2)4-5-11(9)14-12(10)15/h7-8,10H,3-6H2,1-2H3. The molecule has 0 spiro atoms. The lowest BCUT2D eigenvalue weighted by Crippen LogP contribution is -2.30. The van der Waals surface area contributed by atoms with Gasteiger partial charge in [0.25, 0.3) is 5.91 Å². The van der Waals surface area contributed by atoms with Crippen molar-refractivity contribution < 1.29 is 14.3 Å². The molecule has 0 bridgehead atoms. The number of ether oxygens (including phenoxy) is 1. The van der Waals surface area contributed by atoms with E-state index in [4.69, 9.17) is 4.74 Å². The van der Waals surface area contributed by atoms with E-state index in [1.165, 1.54) is 0 Å². The first-order valence-corrected chi connectivity index (χ1v) is 6.11. The molecule has 1 fully saturated rings. The minimum absolute atomic E-state index is 0.290. The average molecular weight is 235 g/mol. The SMILES string of the molecule is CCOC(=O)C1C=C2CC(C)CCC2=NC1=O. The Morgan fingerprint density at radius 3 is 3.06 bits per heavy atom. The van der Waals surface area contributed by atoms with Gasteiger partial charge in [-0.1, -0.05) is 13.0 Å². The molecule has 1 saturated carbocycles. The minimum Gasteiger partial charge on any atom is -0.465 e. The third-order valence-corrected chi connectivity index (χ3v) is 3.23. The molecule has 0 aromatic rings. The van der Waals surface area contributed by atoms with Gasteiger partial charge in [-0.05, 0) is 37.7 Å². The second kappa shape index (κ2) is 4.82. The van der Waals surface area contributed by atoms with Crippen molar-refractivity contribution in [3.63, 3.8) is 0 Å². The van der Waals surface area contributed by atoms with E-state index >= 15 is 0 Å². The Morgan fingerprint density at radius 1 is 1.59 bits per heavy atom. The summed E-state index contributed by atoms with van der Waals surface area (Å²) in [5.41, 5.74) is 1.93. The zero-order valence-corrected chi connectivity index (χ0v) is 10.2. The van der Waals surface area contributed by atoms with E-state index in [-0.39, 0.29) is 5.91 Å². The first kappa shape index (κ1) is 12.0. The van der Waals surface area contributed by atoms with Crippen LogP contribution in [-0.4, -0.2) is 24.2 Å². The molecule has 4 nitrogen and oxygen atoms in total. The summed E-state index contributed by atoms with van der Waals surface area (Å²) in [6, 6.07) is 0. The summed E-state index contributed by atoms with van der Waals surface area (Å²) in [7, 11) is 0. The Morgan fingerprint density at radius 2 is 2.35 bits per heavy atom. The molecule has 0 radical (unpaired) electrons. The lowest BCUT2D eigenvalue weighted by molar-refractivity contribution is -0.149. The minimum atomic E-state index is -0.820. The molecule has 2 atom stereocenters. The zero-order valence-electron chi connectivity index (χ0n) is 10.2. The molecule has 1 aliphatic heterocycles. The van der Waals surface area contributed by atoms with Crippen LogP contribution < -0.4 is 0 Å². The van der Waals surface area contributed by atoms with Gasteiger partial charge in [-0.25, -0.2) is 4.99 Å². The van der Waals surface area contributed by atoms with Crippen LogP contribution in [0, 0.1) is 11.8 Å². The van der Waals surface area contributed by atoms with Gasteiger partial charge in [0.15, 0.2) is 5.92 Å². The number of amides is 1. The smallest absolute Gasteiger partial charge is 0.322 e. The van der Waals surface area contributed by atoms with Gasteiger partial charge in [-0.3, -0.25) is 9.59 Å². The maximum absolute atomic E-state index is 11.7. The molecule has 4 heteroatoms. The van der Waals surface area contributed by atoms with E-state index in [0.29, 0.717) is 12.5 Å². The van der Waals surface area contributed by atoms with Gasteiger partial charge in [-0.15, -0.1) is 0 Å². The summed E-state index contributed by atoms with van der Waals surface area (Å²) < 4.78 is 4.88. The van der Waals surface area contributed by atoms with Crippen molar-refractivity contribution in [2.45, 2.75) is 33.1 Å². The highest BCUT2D eigenvalue weighted by Crippen LogP contribution is 2.30. The van der Waals surface area contributed by atoms with Crippen LogP contribution in [0.5, 0.6) is 0 Å². The third kappa shape index (κ3) is 2.46. The third-order valence-electron chi connectivity index (χ3n) is 3.23.